The molecule has 0 aromatic heterocycles. The number of rotatable bonds is 2. The van der Waals surface area contributed by atoms with Crippen LogP contribution in [0.15, 0.2) is 12.1 Å². The molecule has 0 amide bonds. The zero-order valence-electron chi connectivity index (χ0n) is 7.60. The molecular formula is C10H11BrO2. The Balaban J connectivity index is 3.23. The van der Waals surface area contributed by atoms with Gasteiger partial charge in [-0.2, -0.15) is 0 Å². The highest BCUT2D eigenvalue weighted by atomic mass is 79.9. The number of aromatic hydroxyl groups is 1. The first kappa shape index (κ1) is 10.3. The van der Waals surface area contributed by atoms with Crippen LogP contribution < -0.4 is 0 Å². The number of benzene rings is 1. The van der Waals surface area contributed by atoms with E-state index in [-0.39, 0.29) is 11.5 Å². The van der Waals surface area contributed by atoms with Gasteiger partial charge in [-0.3, -0.25) is 4.79 Å². The molecule has 0 aliphatic rings. The van der Waals surface area contributed by atoms with Gasteiger partial charge in [-0.15, -0.1) is 0 Å². The van der Waals surface area contributed by atoms with E-state index in [1.807, 2.05) is 6.92 Å². The Morgan fingerprint density at radius 2 is 2.00 bits per heavy atom. The van der Waals surface area contributed by atoms with Gasteiger partial charge in [0.2, 0.25) is 0 Å². The van der Waals surface area contributed by atoms with E-state index < -0.39 is 0 Å². The summed E-state index contributed by atoms with van der Waals surface area (Å²) in [7, 11) is 0. The van der Waals surface area contributed by atoms with E-state index in [0.717, 1.165) is 11.1 Å². The molecule has 0 atom stereocenters. The third-order valence-corrected chi connectivity index (χ3v) is 2.47. The highest BCUT2D eigenvalue weighted by Gasteiger charge is 2.09. The number of ketones is 1. The van der Waals surface area contributed by atoms with E-state index in [9.17, 15) is 9.90 Å². The monoisotopic (exact) mass is 242 g/mol. The number of Topliss-reactive ketones (excluding diaryl/α,β-unsaturated/α-hetero) is 1. The van der Waals surface area contributed by atoms with Gasteiger partial charge in [-0.1, -0.05) is 15.9 Å². The Labute approximate surface area is 85.7 Å². The zero-order chi connectivity index (χ0) is 10.0. The molecule has 0 aliphatic heterocycles. The van der Waals surface area contributed by atoms with Crippen molar-refractivity contribution in [3.05, 3.63) is 28.8 Å². The predicted molar refractivity (Wildman–Crippen MR) is 55.7 cm³/mol. The second kappa shape index (κ2) is 3.92. The third-order valence-electron chi connectivity index (χ3n) is 1.96. The predicted octanol–water partition coefficient (Wildman–Crippen LogP) is 2.59. The van der Waals surface area contributed by atoms with Crippen LogP contribution in [0.2, 0.25) is 0 Å². The standard InChI is InChI=1S/C10H11BrO2/c1-6-4-9(12)7(2)3-8(6)10(13)5-11/h3-4,12H,5H2,1-2H3. The fourth-order valence-corrected chi connectivity index (χ4v) is 1.48. The van der Waals surface area contributed by atoms with Gasteiger partial charge in [-0.05, 0) is 37.1 Å². The van der Waals surface area contributed by atoms with E-state index in [4.69, 9.17) is 0 Å². The number of carbonyl (C=O) groups excluding carboxylic acids is 1. The summed E-state index contributed by atoms with van der Waals surface area (Å²) in [5.74, 6) is 0.282. The van der Waals surface area contributed by atoms with Crippen molar-refractivity contribution in [2.45, 2.75) is 13.8 Å². The molecule has 2 nitrogen and oxygen atoms in total. The van der Waals surface area contributed by atoms with Crippen molar-refractivity contribution in [2.24, 2.45) is 0 Å². The van der Waals surface area contributed by atoms with Crippen molar-refractivity contribution in [3.8, 4) is 5.75 Å². The van der Waals surface area contributed by atoms with Crippen molar-refractivity contribution in [3.63, 3.8) is 0 Å². The molecule has 0 spiro atoms. The van der Waals surface area contributed by atoms with Crippen LogP contribution in [0.5, 0.6) is 5.75 Å². The summed E-state index contributed by atoms with van der Waals surface area (Å²) in [6.07, 6.45) is 0. The van der Waals surface area contributed by atoms with Crippen LogP contribution >= 0.6 is 15.9 Å². The van der Waals surface area contributed by atoms with E-state index in [1.165, 1.54) is 0 Å². The van der Waals surface area contributed by atoms with Crippen LogP contribution in [0, 0.1) is 13.8 Å². The molecule has 0 saturated heterocycles. The van der Waals surface area contributed by atoms with Gasteiger partial charge in [0, 0.05) is 5.56 Å². The van der Waals surface area contributed by atoms with Crippen molar-refractivity contribution < 1.29 is 9.90 Å². The maximum atomic E-state index is 11.4. The molecule has 0 unspecified atom stereocenters. The molecule has 1 N–H and O–H groups in total. The van der Waals surface area contributed by atoms with Crippen molar-refractivity contribution in [2.75, 3.05) is 5.33 Å². The molecule has 1 rings (SSSR count). The van der Waals surface area contributed by atoms with Gasteiger partial charge in [0.05, 0.1) is 5.33 Å². The summed E-state index contributed by atoms with van der Waals surface area (Å²) in [4.78, 5) is 11.4. The molecule has 0 fully saturated rings. The van der Waals surface area contributed by atoms with Gasteiger partial charge >= 0.3 is 0 Å². The number of hydrogen-bond acceptors (Lipinski definition) is 2. The second-order valence-electron chi connectivity index (χ2n) is 3.01. The zero-order valence-corrected chi connectivity index (χ0v) is 9.18. The largest absolute Gasteiger partial charge is 0.508 e. The summed E-state index contributed by atoms with van der Waals surface area (Å²) < 4.78 is 0. The van der Waals surface area contributed by atoms with Crippen LogP contribution in [0.3, 0.4) is 0 Å². The van der Waals surface area contributed by atoms with Crippen LogP contribution in [-0.4, -0.2) is 16.2 Å². The van der Waals surface area contributed by atoms with Crippen LogP contribution in [0.4, 0.5) is 0 Å². The average Bonchev–Trinajstić information content (AvgIpc) is 2.10. The molecular weight excluding hydrogens is 232 g/mol. The van der Waals surface area contributed by atoms with Gasteiger partial charge in [0.15, 0.2) is 5.78 Å². The lowest BCUT2D eigenvalue weighted by Crippen LogP contribution is -2.03. The fourth-order valence-electron chi connectivity index (χ4n) is 1.17. The summed E-state index contributed by atoms with van der Waals surface area (Å²) in [6, 6.07) is 3.33. The van der Waals surface area contributed by atoms with E-state index >= 15 is 0 Å². The van der Waals surface area contributed by atoms with Crippen molar-refractivity contribution >= 4 is 21.7 Å². The topological polar surface area (TPSA) is 37.3 Å². The molecule has 0 saturated carbocycles. The van der Waals surface area contributed by atoms with Gasteiger partial charge in [0.25, 0.3) is 0 Å². The molecule has 1 aromatic rings. The van der Waals surface area contributed by atoms with Gasteiger partial charge < -0.3 is 5.11 Å². The van der Waals surface area contributed by atoms with Crippen LogP contribution in [-0.2, 0) is 0 Å². The SMILES string of the molecule is Cc1cc(C(=O)CBr)c(C)cc1O. The van der Waals surface area contributed by atoms with Gasteiger partial charge in [-0.25, -0.2) is 0 Å². The van der Waals surface area contributed by atoms with Crippen molar-refractivity contribution in [1.29, 1.82) is 0 Å². The minimum Gasteiger partial charge on any atom is -0.508 e. The number of carbonyl (C=O) groups is 1. The quantitative estimate of drug-likeness (QED) is 0.640. The Morgan fingerprint density at radius 3 is 2.54 bits per heavy atom. The Morgan fingerprint density at radius 1 is 1.38 bits per heavy atom. The highest BCUT2D eigenvalue weighted by molar-refractivity contribution is 9.09. The maximum Gasteiger partial charge on any atom is 0.173 e. The lowest BCUT2D eigenvalue weighted by Gasteiger charge is -2.06. The Hall–Kier alpha value is -0.830. The number of hydrogen-bond donors (Lipinski definition) is 1. The smallest absolute Gasteiger partial charge is 0.173 e. The lowest BCUT2D eigenvalue weighted by molar-refractivity contribution is 0.102. The molecule has 0 bridgehead atoms. The molecule has 1 aromatic carbocycles. The molecule has 70 valence electrons. The molecule has 0 aliphatic carbocycles. The molecule has 0 radical (unpaired) electrons. The normalized spacial score (nSPS) is 10.1. The van der Waals surface area contributed by atoms with Gasteiger partial charge in [0.1, 0.15) is 5.75 Å². The summed E-state index contributed by atoms with van der Waals surface area (Å²) in [5.41, 5.74) is 2.22. The minimum atomic E-state index is 0.0422. The first-order valence-corrected chi connectivity index (χ1v) is 5.07. The highest BCUT2D eigenvalue weighted by Crippen LogP contribution is 2.21. The summed E-state index contributed by atoms with van der Waals surface area (Å²) in [5, 5.41) is 9.67. The van der Waals surface area contributed by atoms with E-state index in [0.29, 0.717) is 10.9 Å². The second-order valence-corrected chi connectivity index (χ2v) is 3.57. The minimum absolute atomic E-state index is 0.0422. The molecule has 13 heavy (non-hydrogen) atoms. The van der Waals surface area contributed by atoms with E-state index in [2.05, 4.69) is 15.9 Å². The first-order valence-electron chi connectivity index (χ1n) is 3.95. The number of phenols is 1. The number of halogens is 1. The summed E-state index contributed by atoms with van der Waals surface area (Å²) >= 11 is 3.12. The fraction of sp³-hybridized carbons (Fsp3) is 0.300. The average molecular weight is 243 g/mol. The number of phenolic OH excluding ortho intramolecular Hbond substituents is 1. The van der Waals surface area contributed by atoms with E-state index in [1.54, 1.807) is 19.1 Å². The van der Waals surface area contributed by atoms with Crippen molar-refractivity contribution in [1.82, 2.24) is 0 Å². The number of alkyl halides is 1. The Kier molecular flexibility index (Phi) is 3.09. The molecule has 3 heteroatoms. The molecule has 0 heterocycles. The third kappa shape index (κ3) is 2.10. The Bertz CT molecular complexity index is 345. The maximum absolute atomic E-state index is 11.4. The summed E-state index contributed by atoms with van der Waals surface area (Å²) in [6.45, 7) is 3.59. The first-order chi connectivity index (χ1) is 6.06. The number of aryl methyl sites for hydroxylation is 2. The van der Waals surface area contributed by atoms with Crippen LogP contribution in [0.1, 0.15) is 21.5 Å². The lowest BCUT2D eigenvalue weighted by atomic mass is 10.0. The van der Waals surface area contributed by atoms with Crippen LogP contribution in [0.25, 0.3) is 0 Å².